The molecule has 1 N–H and O–H groups in total. The summed E-state index contributed by atoms with van der Waals surface area (Å²) in [5.74, 6) is -1.05. The van der Waals surface area contributed by atoms with Gasteiger partial charge in [0.25, 0.3) is 0 Å². The Morgan fingerprint density at radius 2 is 1.90 bits per heavy atom. The Balaban J connectivity index is 2.80. The first-order chi connectivity index (χ1) is 9.23. The van der Waals surface area contributed by atoms with Gasteiger partial charge in [0.2, 0.25) is 10.0 Å². The van der Waals surface area contributed by atoms with E-state index in [0.717, 1.165) is 0 Å². The summed E-state index contributed by atoms with van der Waals surface area (Å²) >= 11 is 5.96. The Kier molecular flexibility index (Phi) is 6.47. The van der Waals surface area contributed by atoms with Gasteiger partial charge in [-0.3, -0.25) is 4.72 Å². The third-order valence-corrected chi connectivity index (χ3v) is 4.85. The van der Waals surface area contributed by atoms with E-state index >= 15 is 0 Å². The van der Waals surface area contributed by atoms with Gasteiger partial charge in [-0.2, -0.15) is 13.2 Å². The average Bonchev–Trinajstić information content (AvgIpc) is 2.34. The molecule has 0 radical (unpaired) electrons. The quantitative estimate of drug-likeness (QED) is 0.604. The fourth-order valence-corrected chi connectivity index (χ4v) is 3.56. The van der Waals surface area contributed by atoms with E-state index in [-0.39, 0.29) is 28.6 Å². The lowest BCUT2D eigenvalue weighted by molar-refractivity contribution is -0.105. The number of rotatable bonds is 7. The standard InChI is InChI=1S/C11H13ClF3NO2S2/c12-6-3-7-20(17,18)16-9-4-1-2-5-10(9)19-8-11(13,14)15/h1-2,4-5,16H,3,6-8H2. The first-order valence-corrected chi connectivity index (χ1v) is 8.76. The number of anilines is 1. The summed E-state index contributed by atoms with van der Waals surface area (Å²) in [5, 5.41) is 0. The minimum Gasteiger partial charge on any atom is -0.282 e. The summed E-state index contributed by atoms with van der Waals surface area (Å²) < 4.78 is 62.3. The molecular weight excluding hydrogens is 335 g/mol. The average molecular weight is 348 g/mol. The van der Waals surface area contributed by atoms with Gasteiger partial charge in [0.05, 0.1) is 17.2 Å². The van der Waals surface area contributed by atoms with Crippen molar-refractivity contribution in [2.24, 2.45) is 0 Å². The van der Waals surface area contributed by atoms with Crippen LogP contribution in [0.2, 0.25) is 0 Å². The highest BCUT2D eigenvalue weighted by Crippen LogP contribution is 2.32. The van der Waals surface area contributed by atoms with Crippen molar-refractivity contribution in [2.45, 2.75) is 17.5 Å². The third kappa shape index (κ3) is 6.71. The zero-order valence-electron chi connectivity index (χ0n) is 10.3. The molecule has 0 aliphatic heterocycles. The van der Waals surface area contributed by atoms with Crippen LogP contribution in [0.15, 0.2) is 29.2 Å². The molecule has 0 fully saturated rings. The van der Waals surface area contributed by atoms with Gasteiger partial charge in [-0.1, -0.05) is 12.1 Å². The number of hydrogen-bond acceptors (Lipinski definition) is 3. The van der Waals surface area contributed by atoms with Gasteiger partial charge in [-0.15, -0.1) is 23.4 Å². The molecule has 0 saturated carbocycles. The van der Waals surface area contributed by atoms with Crippen LogP contribution < -0.4 is 4.72 Å². The molecule has 20 heavy (non-hydrogen) atoms. The highest BCUT2D eigenvalue weighted by Gasteiger charge is 2.27. The fraction of sp³-hybridized carbons (Fsp3) is 0.455. The molecule has 3 nitrogen and oxygen atoms in total. The molecule has 9 heteroatoms. The number of alkyl halides is 4. The minimum atomic E-state index is -4.31. The van der Waals surface area contributed by atoms with Crippen molar-refractivity contribution in [1.82, 2.24) is 0 Å². The number of sulfonamides is 1. The molecule has 0 aromatic heterocycles. The SMILES string of the molecule is O=S(=O)(CCCCl)Nc1ccccc1SCC(F)(F)F. The Labute approximate surface area is 124 Å². The summed E-state index contributed by atoms with van der Waals surface area (Å²) in [4.78, 5) is 0.235. The molecule has 1 aromatic carbocycles. The molecule has 0 atom stereocenters. The monoisotopic (exact) mass is 347 g/mol. The first kappa shape index (κ1) is 17.5. The molecule has 0 saturated heterocycles. The molecular formula is C11H13ClF3NO2S2. The van der Waals surface area contributed by atoms with Crippen LogP contribution in [-0.2, 0) is 10.0 Å². The molecule has 0 aliphatic rings. The second-order valence-corrected chi connectivity index (χ2v) is 7.10. The van der Waals surface area contributed by atoms with E-state index in [1.54, 1.807) is 12.1 Å². The van der Waals surface area contributed by atoms with Crippen LogP contribution in [0.25, 0.3) is 0 Å². The highest BCUT2D eigenvalue weighted by molar-refractivity contribution is 7.99. The Morgan fingerprint density at radius 3 is 2.50 bits per heavy atom. The van der Waals surface area contributed by atoms with Crippen LogP contribution >= 0.6 is 23.4 Å². The topological polar surface area (TPSA) is 46.2 Å². The summed E-state index contributed by atoms with van der Waals surface area (Å²) in [6.07, 6.45) is -4.04. The Hall–Kier alpha value is -0.600. The van der Waals surface area contributed by atoms with Crippen molar-refractivity contribution < 1.29 is 21.6 Å². The van der Waals surface area contributed by atoms with Gasteiger partial charge in [0.1, 0.15) is 0 Å². The lowest BCUT2D eigenvalue weighted by Gasteiger charge is -2.12. The minimum absolute atomic E-state index is 0.149. The summed E-state index contributed by atoms with van der Waals surface area (Å²) in [5.41, 5.74) is 0.149. The van der Waals surface area contributed by atoms with Crippen LogP contribution in [0.4, 0.5) is 18.9 Å². The molecule has 0 amide bonds. The second-order valence-electron chi connectivity index (χ2n) is 3.86. The lowest BCUT2D eigenvalue weighted by atomic mass is 10.3. The number of hydrogen-bond donors (Lipinski definition) is 1. The van der Waals surface area contributed by atoms with Crippen molar-refractivity contribution in [3.63, 3.8) is 0 Å². The second kappa shape index (κ2) is 7.42. The number of nitrogens with one attached hydrogen (secondary N) is 1. The molecule has 1 rings (SSSR count). The van der Waals surface area contributed by atoms with E-state index in [9.17, 15) is 21.6 Å². The predicted octanol–water partition coefficient (Wildman–Crippen LogP) is 3.71. The van der Waals surface area contributed by atoms with Gasteiger partial charge in [-0.05, 0) is 18.6 Å². The van der Waals surface area contributed by atoms with Gasteiger partial charge >= 0.3 is 6.18 Å². The van der Waals surface area contributed by atoms with Crippen LogP contribution in [0, 0.1) is 0 Å². The maximum atomic E-state index is 12.2. The normalized spacial score (nSPS) is 12.4. The molecule has 0 bridgehead atoms. The van der Waals surface area contributed by atoms with E-state index in [2.05, 4.69) is 4.72 Å². The Bertz CT molecular complexity index is 535. The summed E-state index contributed by atoms with van der Waals surface area (Å²) in [6.45, 7) is 0. The number of thioether (sulfide) groups is 1. The molecule has 0 spiro atoms. The maximum Gasteiger partial charge on any atom is 0.398 e. The van der Waals surface area contributed by atoms with E-state index in [1.807, 2.05) is 0 Å². The third-order valence-electron chi connectivity index (χ3n) is 2.09. The van der Waals surface area contributed by atoms with Gasteiger partial charge in [0, 0.05) is 10.8 Å². The highest BCUT2D eigenvalue weighted by atomic mass is 35.5. The van der Waals surface area contributed by atoms with Crippen molar-refractivity contribution in [3.8, 4) is 0 Å². The number of benzene rings is 1. The number of halogens is 4. The fourth-order valence-electron chi connectivity index (χ4n) is 1.30. The van der Waals surface area contributed by atoms with Gasteiger partial charge in [0.15, 0.2) is 0 Å². The van der Waals surface area contributed by atoms with E-state index in [1.165, 1.54) is 12.1 Å². The summed E-state index contributed by atoms with van der Waals surface area (Å²) in [7, 11) is -3.60. The zero-order valence-corrected chi connectivity index (χ0v) is 12.7. The first-order valence-electron chi connectivity index (χ1n) is 5.58. The van der Waals surface area contributed by atoms with Crippen molar-refractivity contribution in [1.29, 1.82) is 0 Å². The predicted molar refractivity (Wildman–Crippen MR) is 76.0 cm³/mol. The van der Waals surface area contributed by atoms with E-state index < -0.39 is 22.0 Å². The van der Waals surface area contributed by atoms with Gasteiger partial charge in [-0.25, -0.2) is 8.42 Å². The summed E-state index contributed by atoms with van der Waals surface area (Å²) in [6, 6.07) is 5.97. The smallest absolute Gasteiger partial charge is 0.282 e. The van der Waals surface area contributed by atoms with Crippen molar-refractivity contribution >= 4 is 39.1 Å². The van der Waals surface area contributed by atoms with E-state index in [4.69, 9.17) is 11.6 Å². The van der Waals surface area contributed by atoms with Crippen LogP contribution in [0.1, 0.15) is 6.42 Å². The lowest BCUT2D eigenvalue weighted by Crippen LogP contribution is -2.17. The number of para-hydroxylation sites is 1. The van der Waals surface area contributed by atoms with Crippen molar-refractivity contribution in [3.05, 3.63) is 24.3 Å². The molecule has 0 aliphatic carbocycles. The molecule has 114 valence electrons. The largest absolute Gasteiger partial charge is 0.398 e. The van der Waals surface area contributed by atoms with E-state index in [0.29, 0.717) is 11.8 Å². The molecule has 1 aromatic rings. The van der Waals surface area contributed by atoms with Crippen LogP contribution in [0.3, 0.4) is 0 Å². The van der Waals surface area contributed by atoms with Crippen LogP contribution in [-0.4, -0.2) is 32.0 Å². The molecule has 0 heterocycles. The molecule has 0 unspecified atom stereocenters. The van der Waals surface area contributed by atoms with Crippen LogP contribution in [0.5, 0.6) is 0 Å². The maximum absolute atomic E-state index is 12.2. The van der Waals surface area contributed by atoms with Gasteiger partial charge < -0.3 is 0 Å². The zero-order chi connectivity index (χ0) is 15.2. The Morgan fingerprint density at radius 1 is 1.25 bits per heavy atom. The van der Waals surface area contributed by atoms with Crippen molar-refractivity contribution in [2.75, 3.05) is 22.1 Å².